The molecule has 0 saturated heterocycles. The number of thiazole rings is 1. The molecule has 0 saturated carbocycles. The largest absolute Gasteiger partial charge is 0.478 e. The summed E-state index contributed by atoms with van der Waals surface area (Å²) in [5.74, 6) is -3.65. The molecule has 0 amide bonds. The van der Waals surface area contributed by atoms with E-state index in [0.717, 1.165) is 17.4 Å². The Kier molecular flexibility index (Phi) is 3.12. The Labute approximate surface area is 104 Å². The molecule has 1 aromatic heterocycles. The minimum absolute atomic E-state index is 0.0432. The predicted octanol–water partition coefficient (Wildman–Crippen LogP) is 3.08. The lowest BCUT2D eigenvalue weighted by atomic mass is 10.1. The minimum Gasteiger partial charge on any atom is -0.478 e. The Morgan fingerprint density at radius 3 is 2.53 bits per heavy atom. The smallest absolute Gasteiger partial charge is 0.336 e. The van der Waals surface area contributed by atoms with Gasteiger partial charge in [0.15, 0.2) is 11.6 Å². The molecule has 0 aliphatic carbocycles. The summed E-state index contributed by atoms with van der Waals surface area (Å²) in [6, 6.07) is 1.47. The number of aromatic nitrogens is 1. The third kappa shape index (κ3) is 2.29. The third-order valence-corrected chi connectivity index (χ3v) is 3.24. The first kappa shape index (κ1) is 12.0. The van der Waals surface area contributed by atoms with Crippen LogP contribution in [-0.2, 0) is 0 Å². The number of aromatic carboxylic acids is 1. The summed E-state index contributed by atoms with van der Waals surface area (Å²) in [6.07, 6.45) is 1.41. The van der Waals surface area contributed by atoms with Crippen LogP contribution in [0, 0.1) is 11.6 Å². The first-order chi connectivity index (χ1) is 7.99. The molecular formula is C10H5F2NO2S2. The Morgan fingerprint density at radius 1 is 1.35 bits per heavy atom. The van der Waals surface area contributed by atoms with Crippen molar-refractivity contribution in [2.45, 2.75) is 4.21 Å². The van der Waals surface area contributed by atoms with E-state index in [2.05, 4.69) is 17.6 Å². The highest BCUT2D eigenvalue weighted by Crippen LogP contribution is 2.31. The molecule has 17 heavy (non-hydrogen) atoms. The van der Waals surface area contributed by atoms with Gasteiger partial charge < -0.3 is 5.11 Å². The molecule has 88 valence electrons. The Bertz CT molecular complexity index is 598. The van der Waals surface area contributed by atoms with E-state index in [-0.39, 0.29) is 16.1 Å². The van der Waals surface area contributed by atoms with Gasteiger partial charge in [0.25, 0.3) is 0 Å². The summed E-state index contributed by atoms with van der Waals surface area (Å²) < 4.78 is 26.6. The van der Waals surface area contributed by atoms with Crippen molar-refractivity contribution in [3.05, 3.63) is 35.5 Å². The zero-order valence-electron chi connectivity index (χ0n) is 8.15. The van der Waals surface area contributed by atoms with Crippen LogP contribution in [0.3, 0.4) is 0 Å². The van der Waals surface area contributed by atoms with Gasteiger partial charge in [0.1, 0.15) is 5.01 Å². The number of thiol groups is 1. The summed E-state index contributed by atoms with van der Waals surface area (Å²) in [4.78, 5) is 14.8. The monoisotopic (exact) mass is 273 g/mol. The molecule has 0 bridgehead atoms. The molecule has 3 nitrogen and oxygen atoms in total. The van der Waals surface area contributed by atoms with Crippen molar-refractivity contribution < 1.29 is 18.7 Å². The Balaban J connectivity index is 2.67. The standard InChI is InChI=1S/C10H5F2NO2S2/c11-6-1-4(9-13-3-8(16)17-9)5(10(14)15)2-7(6)12/h1-3,16H,(H,14,15). The molecule has 0 radical (unpaired) electrons. The molecule has 0 unspecified atom stereocenters. The maximum Gasteiger partial charge on any atom is 0.336 e. The van der Waals surface area contributed by atoms with Gasteiger partial charge in [-0.15, -0.1) is 24.0 Å². The molecule has 0 aliphatic heterocycles. The number of nitrogens with zero attached hydrogens (tertiary/aromatic N) is 1. The van der Waals surface area contributed by atoms with Gasteiger partial charge in [0.2, 0.25) is 0 Å². The molecule has 0 atom stereocenters. The van der Waals surface area contributed by atoms with Crippen LogP contribution in [0.15, 0.2) is 22.5 Å². The van der Waals surface area contributed by atoms with Gasteiger partial charge in [-0.3, -0.25) is 0 Å². The van der Waals surface area contributed by atoms with Gasteiger partial charge in [0, 0.05) is 5.56 Å². The first-order valence-corrected chi connectivity index (χ1v) is 5.63. The van der Waals surface area contributed by atoms with Crippen molar-refractivity contribution in [1.29, 1.82) is 0 Å². The normalized spacial score (nSPS) is 10.5. The zero-order valence-corrected chi connectivity index (χ0v) is 9.86. The van der Waals surface area contributed by atoms with E-state index in [9.17, 15) is 13.6 Å². The van der Waals surface area contributed by atoms with Crippen LogP contribution >= 0.6 is 24.0 Å². The highest BCUT2D eigenvalue weighted by molar-refractivity contribution is 7.83. The van der Waals surface area contributed by atoms with Crippen molar-refractivity contribution in [2.75, 3.05) is 0 Å². The average Bonchev–Trinajstić information content (AvgIpc) is 2.68. The lowest BCUT2D eigenvalue weighted by Gasteiger charge is -2.03. The first-order valence-electron chi connectivity index (χ1n) is 4.36. The van der Waals surface area contributed by atoms with Crippen molar-refractivity contribution in [2.24, 2.45) is 0 Å². The van der Waals surface area contributed by atoms with E-state index in [1.54, 1.807) is 0 Å². The number of hydrogen-bond acceptors (Lipinski definition) is 4. The molecule has 1 heterocycles. The maximum atomic E-state index is 13.1. The van der Waals surface area contributed by atoms with E-state index < -0.39 is 17.6 Å². The summed E-state index contributed by atoms with van der Waals surface area (Å²) in [6.45, 7) is 0. The second kappa shape index (κ2) is 4.42. The number of halogens is 2. The molecule has 1 aromatic carbocycles. The molecule has 0 fully saturated rings. The minimum atomic E-state index is -1.34. The van der Waals surface area contributed by atoms with Gasteiger partial charge in [-0.25, -0.2) is 18.6 Å². The number of carboxylic acids is 1. The second-order valence-electron chi connectivity index (χ2n) is 3.12. The number of benzene rings is 1. The van der Waals surface area contributed by atoms with Gasteiger partial charge in [-0.05, 0) is 12.1 Å². The second-order valence-corrected chi connectivity index (χ2v) is 4.94. The molecule has 7 heteroatoms. The fourth-order valence-electron chi connectivity index (χ4n) is 1.29. The maximum absolute atomic E-state index is 13.1. The summed E-state index contributed by atoms with van der Waals surface area (Å²) in [5.41, 5.74) is -0.284. The molecule has 2 aromatic rings. The molecular weight excluding hydrogens is 268 g/mol. The molecule has 1 N–H and O–H groups in total. The van der Waals surface area contributed by atoms with Crippen molar-refractivity contribution >= 4 is 29.9 Å². The quantitative estimate of drug-likeness (QED) is 0.827. The van der Waals surface area contributed by atoms with E-state index in [1.807, 2.05) is 0 Å². The molecule has 2 rings (SSSR count). The Morgan fingerprint density at radius 2 is 2.00 bits per heavy atom. The van der Waals surface area contributed by atoms with Crippen LogP contribution < -0.4 is 0 Å². The zero-order chi connectivity index (χ0) is 12.6. The predicted molar refractivity (Wildman–Crippen MR) is 61.7 cm³/mol. The number of rotatable bonds is 2. The van der Waals surface area contributed by atoms with Gasteiger partial charge >= 0.3 is 5.97 Å². The van der Waals surface area contributed by atoms with E-state index in [1.165, 1.54) is 6.20 Å². The van der Waals surface area contributed by atoms with Gasteiger partial charge in [0.05, 0.1) is 16.0 Å². The SMILES string of the molecule is O=C(O)c1cc(F)c(F)cc1-c1ncc(S)s1. The van der Waals surface area contributed by atoms with E-state index >= 15 is 0 Å². The number of carbonyl (C=O) groups is 1. The summed E-state index contributed by atoms with van der Waals surface area (Å²) in [5, 5.41) is 9.20. The van der Waals surface area contributed by atoms with Crippen LogP contribution in [0.25, 0.3) is 10.6 Å². The van der Waals surface area contributed by atoms with Crippen molar-refractivity contribution in [3.63, 3.8) is 0 Å². The number of hydrogen-bond donors (Lipinski definition) is 2. The Hall–Kier alpha value is -1.47. The summed E-state index contributed by atoms with van der Waals surface area (Å²) >= 11 is 5.12. The van der Waals surface area contributed by atoms with Crippen molar-refractivity contribution in [3.8, 4) is 10.6 Å². The van der Waals surface area contributed by atoms with Gasteiger partial charge in [-0.2, -0.15) is 0 Å². The van der Waals surface area contributed by atoms with Crippen LogP contribution in [0.2, 0.25) is 0 Å². The number of carboxylic acid groups (broad SMARTS) is 1. The van der Waals surface area contributed by atoms with E-state index in [4.69, 9.17) is 5.11 Å². The fourth-order valence-corrected chi connectivity index (χ4v) is 2.30. The lowest BCUT2D eigenvalue weighted by Crippen LogP contribution is -2.02. The fraction of sp³-hybridized carbons (Fsp3) is 0. The molecule has 0 aliphatic rings. The van der Waals surface area contributed by atoms with Crippen molar-refractivity contribution in [1.82, 2.24) is 4.98 Å². The van der Waals surface area contributed by atoms with Crippen LogP contribution in [0.1, 0.15) is 10.4 Å². The van der Waals surface area contributed by atoms with E-state index in [0.29, 0.717) is 10.3 Å². The van der Waals surface area contributed by atoms with Gasteiger partial charge in [-0.1, -0.05) is 0 Å². The van der Waals surface area contributed by atoms with Crippen LogP contribution in [0.5, 0.6) is 0 Å². The average molecular weight is 273 g/mol. The molecule has 0 spiro atoms. The lowest BCUT2D eigenvalue weighted by molar-refractivity contribution is 0.0697. The highest BCUT2D eigenvalue weighted by Gasteiger charge is 2.18. The highest BCUT2D eigenvalue weighted by atomic mass is 32.2. The topological polar surface area (TPSA) is 50.2 Å². The third-order valence-electron chi connectivity index (χ3n) is 2.01. The van der Waals surface area contributed by atoms with Crippen LogP contribution in [-0.4, -0.2) is 16.1 Å². The summed E-state index contributed by atoms with van der Waals surface area (Å²) in [7, 11) is 0. The van der Waals surface area contributed by atoms with Crippen LogP contribution in [0.4, 0.5) is 8.78 Å².